The smallest absolute Gasteiger partial charge is 0.147 e. The summed E-state index contributed by atoms with van der Waals surface area (Å²) in [5.41, 5.74) is 2.61. The largest absolute Gasteiger partial charge is 0.494 e. The summed E-state index contributed by atoms with van der Waals surface area (Å²) in [4.78, 5) is 4.18. The van der Waals surface area contributed by atoms with E-state index in [0.29, 0.717) is 5.82 Å². The van der Waals surface area contributed by atoms with E-state index in [1.807, 2.05) is 24.3 Å². The van der Waals surface area contributed by atoms with Crippen molar-refractivity contribution in [3.63, 3.8) is 0 Å². The zero-order valence-corrected chi connectivity index (χ0v) is 10.6. The van der Waals surface area contributed by atoms with Gasteiger partial charge in [-0.25, -0.2) is 10.8 Å². The van der Waals surface area contributed by atoms with Crippen molar-refractivity contribution in [1.82, 2.24) is 4.98 Å². The molecule has 3 N–H and O–H groups in total. The molecule has 0 saturated carbocycles. The highest BCUT2D eigenvalue weighted by Gasteiger charge is 2.02. The molecule has 96 valence electrons. The summed E-state index contributed by atoms with van der Waals surface area (Å²) >= 11 is 0. The summed E-state index contributed by atoms with van der Waals surface area (Å²) in [5.74, 6) is 6.99. The number of pyridine rings is 1. The van der Waals surface area contributed by atoms with Gasteiger partial charge in [-0.2, -0.15) is 0 Å². The first-order valence-corrected chi connectivity index (χ1v) is 6.33. The molecule has 1 aromatic carbocycles. The van der Waals surface area contributed by atoms with E-state index in [4.69, 9.17) is 10.6 Å². The van der Waals surface area contributed by atoms with Crippen molar-refractivity contribution >= 4 is 16.6 Å². The first kappa shape index (κ1) is 12.6. The number of nitrogens with one attached hydrogen (secondary N) is 1. The second-order valence-corrected chi connectivity index (χ2v) is 4.24. The molecule has 18 heavy (non-hydrogen) atoms. The molecule has 0 atom stereocenters. The highest BCUT2D eigenvalue weighted by atomic mass is 16.5. The molecule has 0 aliphatic heterocycles. The Balaban J connectivity index is 2.15. The number of nitrogens with zero attached hydrogens (tertiary/aromatic N) is 1. The molecule has 4 nitrogen and oxygen atoms in total. The van der Waals surface area contributed by atoms with Crippen molar-refractivity contribution in [1.29, 1.82) is 0 Å². The summed E-state index contributed by atoms with van der Waals surface area (Å²) in [6, 6.07) is 7.93. The van der Waals surface area contributed by atoms with Gasteiger partial charge in [0.2, 0.25) is 0 Å². The molecular formula is C14H19N3O. The van der Waals surface area contributed by atoms with E-state index >= 15 is 0 Å². The third kappa shape index (κ3) is 2.90. The molecule has 0 spiro atoms. The average Bonchev–Trinajstić information content (AvgIpc) is 2.43. The molecule has 1 heterocycles. The molecule has 0 unspecified atom stereocenters. The maximum Gasteiger partial charge on any atom is 0.147 e. The molecule has 2 rings (SSSR count). The number of fused-ring (bicyclic) bond motifs is 1. The first-order chi connectivity index (χ1) is 8.85. The lowest BCUT2D eigenvalue weighted by Crippen LogP contribution is -2.08. The molecule has 0 amide bonds. The van der Waals surface area contributed by atoms with Gasteiger partial charge < -0.3 is 10.2 Å². The van der Waals surface area contributed by atoms with E-state index in [1.165, 1.54) is 12.8 Å². The zero-order chi connectivity index (χ0) is 12.8. The van der Waals surface area contributed by atoms with E-state index in [1.54, 1.807) is 6.20 Å². The van der Waals surface area contributed by atoms with Gasteiger partial charge in [0.25, 0.3) is 0 Å². The fraction of sp³-hybridized carbons (Fsp3) is 0.357. The lowest BCUT2D eigenvalue weighted by atomic mass is 10.1. The predicted molar refractivity (Wildman–Crippen MR) is 74.6 cm³/mol. The van der Waals surface area contributed by atoms with Gasteiger partial charge in [0.1, 0.15) is 11.6 Å². The third-order valence-corrected chi connectivity index (χ3v) is 2.89. The molecule has 0 fully saturated rings. The Morgan fingerprint density at radius 2 is 2.17 bits per heavy atom. The SMILES string of the molecule is CCCCCOc1ccc2ccnc(NN)c2c1. The standard InChI is InChI=1S/C14H19N3O/c1-2-3-4-9-18-12-6-5-11-7-8-16-14(17-15)13(11)10-12/h5-8,10H,2-4,9,15H2,1H3,(H,16,17). The fourth-order valence-corrected chi connectivity index (χ4v) is 1.89. The number of aromatic nitrogens is 1. The number of anilines is 1. The molecule has 0 aliphatic rings. The lowest BCUT2D eigenvalue weighted by molar-refractivity contribution is 0.306. The van der Waals surface area contributed by atoms with E-state index in [-0.39, 0.29) is 0 Å². The van der Waals surface area contributed by atoms with Gasteiger partial charge in [0, 0.05) is 11.6 Å². The topological polar surface area (TPSA) is 60.2 Å². The second-order valence-electron chi connectivity index (χ2n) is 4.24. The Labute approximate surface area is 107 Å². The average molecular weight is 245 g/mol. The fourth-order valence-electron chi connectivity index (χ4n) is 1.89. The highest BCUT2D eigenvalue weighted by molar-refractivity contribution is 5.92. The van der Waals surface area contributed by atoms with Crippen LogP contribution in [0.15, 0.2) is 30.5 Å². The minimum Gasteiger partial charge on any atom is -0.494 e. The normalized spacial score (nSPS) is 10.6. The van der Waals surface area contributed by atoms with Crippen LogP contribution in [0.2, 0.25) is 0 Å². The summed E-state index contributed by atoms with van der Waals surface area (Å²) in [6.45, 7) is 2.94. The first-order valence-electron chi connectivity index (χ1n) is 6.33. The molecule has 0 aliphatic carbocycles. The van der Waals surface area contributed by atoms with Crippen LogP contribution in [0.4, 0.5) is 5.82 Å². The molecule has 1 aromatic heterocycles. The lowest BCUT2D eigenvalue weighted by Gasteiger charge is -2.09. The zero-order valence-electron chi connectivity index (χ0n) is 10.6. The van der Waals surface area contributed by atoms with Crippen molar-refractivity contribution in [2.45, 2.75) is 26.2 Å². The van der Waals surface area contributed by atoms with Crippen molar-refractivity contribution in [3.05, 3.63) is 30.5 Å². The summed E-state index contributed by atoms with van der Waals surface area (Å²) < 4.78 is 5.72. The molecule has 4 heteroatoms. The Morgan fingerprint density at radius 1 is 1.28 bits per heavy atom. The Hall–Kier alpha value is -1.81. The van der Waals surface area contributed by atoms with Crippen molar-refractivity contribution < 1.29 is 4.74 Å². The number of hydrazine groups is 1. The van der Waals surface area contributed by atoms with Gasteiger partial charge in [0.15, 0.2) is 0 Å². The van der Waals surface area contributed by atoms with Crippen LogP contribution >= 0.6 is 0 Å². The van der Waals surface area contributed by atoms with Gasteiger partial charge in [-0.3, -0.25) is 0 Å². The number of unbranched alkanes of at least 4 members (excludes halogenated alkanes) is 2. The van der Waals surface area contributed by atoms with Crippen LogP contribution < -0.4 is 16.0 Å². The second kappa shape index (κ2) is 6.21. The van der Waals surface area contributed by atoms with Crippen LogP contribution in [-0.4, -0.2) is 11.6 Å². The number of nitrogen functional groups attached to an aromatic ring is 1. The molecule has 0 saturated heterocycles. The number of ether oxygens (including phenoxy) is 1. The van der Waals surface area contributed by atoms with Crippen LogP contribution in [-0.2, 0) is 0 Å². The summed E-state index contributed by atoms with van der Waals surface area (Å²) in [7, 11) is 0. The maximum absolute atomic E-state index is 5.72. The van der Waals surface area contributed by atoms with Crippen LogP contribution in [0.5, 0.6) is 5.75 Å². The summed E-state index contributed by atoms with van der Waals surface area (Å²) in [5, 5.41) is 2.08. The molecule has 2 aromatic rings. The monoisotopic (exact) mass is 245 g/mol. The molecular weight excluding hydrogens is 226 g/mol. The van der Waals surface area contributed by atoms with Gasteiger partial charge in [-0.05, 0) is 30.0 Å². The molecule has 0 radical (unpaired) electrons. The number of hydrogen-bond acceptors (Lipinski definition) is 4. The van der Waals surface area contributed by atoms with Crippen molar-refractivity contribution in [3.8, 4) is 5.75 Å². The van der Waals surface area contributed by atoms with Crippen LogP contribution in [0.1, 0.15) is 26.2 Å². The predicted octanol–water partition coefficient (Wildman–Crippen LogP) is 3.09. The Morgan fingerprint density at radius 3 is 2.94 bits per heavy atom. The van der Waals surface area contributed by atoms with E-state index in [2.05, 4.69) is 17.3 Å². The van der Waals surface area contributed by atoms with Gasteiger partial charge in [-0.15, -0.1) is 0 Å². The van der Waals surface area contributed by atoms with E-state index < -0.39 is 0 Å². The van der Waals surface area contributed by atoms with Crippen molar-refractivity contribution in [2.24, 2.45) is 5.84 Å². The quantitative estimate of drug-likeness (QED) is 0.466. The molecule has 0 bridgehead atoms. The van der Waals surface area contributed by atoms with Crippen LogP contribution in [0.3, 0.4) is 0 Å². The Bertz CT molecular complexity index is 513. The van der Waals surface area contributed by atoms with Gasteiger partial charge >= 0.3 is 0 Å². The maximum atomic E-state index is 5.72. The third-order valence-electron chi connectivity index (χ3n) is 2.89. The highest BCUT2D eigenvalue weighted by Crippen LogP contribution is 2.25. The number of benzene rings is 1. The van der Waals surface area contributed by atoms with Gasteiger partial charge in [-0.1, -0.05) is 25.8 Å². The van der Waals surface area contributed by atoms with Crippen LogP contribution in [0, 0.1) is 0 Å². The van der Waals surface area contributed by atoms with Crippen LogP contribution in [0.25, 0.3) is 10.8 Å². The minimum atomic E-state index is 0.673. The Kier molecular flexibility index (Phi) is 4.36. The minimum absolute atomic E-state index is 0.673. The number of nitrogens with two attached hydrogens (primary N) is 1. The summed E-state index contributed by atoms with van der Waals surface area (Å²) in [6.07, 6.45) is 5.22. The number of rotatable bonds is 6. The van der Waals surface area contributed by atoms with E-state index in [9.17, 15) is 0 Å². The van der Waals surface area contributed by atoms with Crippen molar-refractivity contribution in [2.75, 3.05) is 12.0 Å². The van der Waals surface area contributed by atoms with E-state index in [0.717, 1.165) is 29.5 Å². The number of hydrogen-bond donors (Lipinski definition) is 2. The van der Waals surface area contributed by atoms with Gasteiger partial charge in [0.05, 0.1) is 6.61 Å².